The molecule has 1 aliphatic carbocycles. The maximum atomic E-state index is 11.8. The first-order chi connectivity index (χ1) is 8.31. The first kappa shape index (κ1) is 13.0. The Balaban J connectivity index is 2.04. The van der Waals surface area contributed by atoms with Gasteiger partial charge in [-0.15, -0.1) is 23.4 Å². The summed E-state index contributed by atoms with van der Waals surface area (Å²) in [4.78, 5) is 13.1. The van der Waals surface area contributed by atoms with E-state index in [-0.39, 0.29) is 5.92 Å². The van der Waals surface area contributed by atoms with E-state index in [0.717, 1.165) is 25.7 Å². The smallest absolute Gasteiger partial charge is 0.137 e. The van der Waals surface area contributed by atoms with Gasteiger partial charge in [0.25, 0.3) is 0 Å². The first-order valence-corrected chi connectivity index (χ1v) is 7.53. The molecule has 0 heterocycles. The molecule has 3 heteroatoms. The molecule has 92 valence electrons. The fraction of sp³-hybridized carbons (Fsp3) is 0.500. The van der Waals surface area contributed by atoms with Gasteiger partial charge in [-0.25, -0.2) is 0 Å². The van der Waals surface area contributed by atoms with E-state index in [2.05, 4.69) is 12.1 Å². The zero-order valence-corrected chi connectivity index (χ0v) is 11.3. The Kier molecular flexibility index (Phi) is 4.93. The van der Waals surface area contributed by atoms with Gasteiger partial charge in [-0.05, 0) is 31.4 Å². The molecule has 2 rings (SSSR count). The van der Waals surface area contributed by atoms with Crippen LogP contribution in [-0.4, -0.2) is 16.9 Å². The number of halogens is 1. The minimum atomic E-state index is 0.221. The van der Waals surface area contributed by atoms with Crippen molar-refractivity contribution >= 4 is 29.1 Å². The highest BCUT2D eigenvalue weighted by Crippen LogP contribution is 2.37. The number of Topliss-reactive ketones (excluding diaryl/α,β-unsaturated/α-hetero) is 1. The van der Waals surface area contributed by atoms with Crippen molar-refractivity contribution in [2.75, 3.05) is 5.88 Å². The van der Waals surface area contributed by atoms with E-state index < -0.39 is 0 Å². The van der Waals surface area contributed by atoms with Crippen LogP contribution in [0.15, 0.2) is 35.2 Å². The lowest BCUT2D eigenvalue weighted by atomic mass is 10.0. The van der Waals surface area contributed by atoms with Gasteiger partial charge in [0.15, 0.2) is 0 Å². The average Bonchev–Trinajstić information content (AvgIpc) is 2.76. The molecule has 2 unspecified atom stereocenters. The monoisotopic (exact) mass is 268 g/mol. The van der Waals surface area contributed by atoms with Crippen molar-refractivity contribution in [3.8, 4) is 0 Å². The third-order valence-electron chi connectivity index (χ3n) is 3.22. The van der Waals surface area contributed by atoms with E-state index in [1.54, 1.807) is 0 Å². The van der Waals surface area contributed by atoms with Crippen LogP contribution < -0.4 is 0 Å². The van der Waals surface area contributed by atoms with E-state index in [1.807, 2.05) is 30.0 Å². The highest BCUT2D eigenvalue weighted by Gasteiger charge is 2.32. The highest BCUT2D eigenvalue weighted by atomic mass is 35.5. The lowest BCUT2D eigenvalue weighted by molar-refractivity contribution is -0.120. The Bertz CT molecular complexity index is 366. The summed E-state index contributed by atoms with van der Waals surface area (Å²) in [5, 5.41) is 0.352. The number of carbonyl (C=O) groups excluding carboxylic acids is 1. The maximum Gasteiger partial charge on any atom is 0.137 e. The third kappa shape index (κ3) is 3.49. The van der Waals surface area contributed by atoms with Crippen molar-refractivity contribution in [3.05, 3.63) is 30.3 Å². The molecule has 0 amide bonds. The molecule has 1 nitrogen and oxygen atoms in total. The quantitative estimate of drug-likeness (QED) is 0.590. The minimum Gasteiger partial charge on any atom is -0.299 e. The van der Waals surface area contributed by atoms with Crippen LogP contribution in [0.5, 0.6) is 0 Å². The summed E-state index contributed by atoms with van der Waals surface area (Å²) in [6.07, 6.45) is 3.77. The summed E-state index contributed by atoms with van der Waals surface area (Å²) in [6, 6.07) is 10.3. The zero-order valence-electron chi connectivity index (χ0n) is 9.77. The molecule has 1 aliphatic rings. The zero-order chi connectivity index (χ0) is 12.1. The lowest BCUT2D eigenvalue weighted by Gasteiger charge is -2.21. The summed E-state index contributed by atoms with van der Waals surface area (Å²) in [7, 11) is 0. The van der Waals surface area contributed by atoms with Crippen LogP contribution in [0.25, 0.3) is 0 Å². The molecule has 0 spiro atoms. The van der Waals surface area contributed by atoms with Gasteiger partial charge in [0.1, 0.15) is 5.78 Å². The number of rotatable bonds is 5. The average molecular weight is 269 g/mol. The molecule has 0 radical (unpaired) electrons. The van der Waals surface area contributed by atoms with E-state index in [0.29, 0.717) is 16.9 Å². The standard InChI is InChI=1S/C14H17ClOS/c15-10-9-14(12-7-4-8-13(12)16)17-11-5-2-1-3-6-11/h1-3,5-6,12,14H,4,7-10H2. The lowest BCUT2D eigenvalue weighted by Crippen LogP contribution is -2.21. The van der Waals surface area contributed by atoms with Crippen LogP contribution in [0.3, 0.4) is 0 Å². The predicted octanol–water partition coefficient (Wildman–Crippen LogP) is 4.15. The number of alkyl halides is 1. The van der Waals surface area contributed by atoms with Gasteiger partial charge in [-0.1, -0.05) is 18.2 Å². The second kappa shape index (κ2) is 6.46. The normalized spacial score (nSPS) is 21.7. The van der Waals surface area contributed by atoms with Gasteiger partial charge in [-0.3, -0.25) is 4.79 Å². The van der Waals surface area contributed by atoms with E-state index in [4.69, 9.17) is 11.6 Å². The second-order valence-corrected chi connectivity index (χ2v) is 6.10. The van der Waals surface area contributed by atoms with Crippen LogP contribution in [0, 0.1) is 5.92 Å². The Morgan fingerprint density at radius 3 is 2.71 bits per heavy atom. The molecule has 1 saturated carbocycles. The van der Waals surface area contributed by atoms with Crippen molar-refractivity contribution in [2.45, 2.75) is 35.8 Å². The van der Waals surface area contributed by atoms with Crippen LogP contribution in [0.2, 0.25) is 0 Å². The van der Waals surface area contributed by atoms with Gasteiger partial charge in [0, 0.05) is 28.4 Å². The van der Waals surface area contributed by atoms with Gasteiger partial charge in [0.05, 0.1) is 0 Å². The number of hydrogen-bond donors (Lipinski definition) is 0. The SMILES string of the molecule is O=C1CCCC1C(CCCl)Sc1ccccc1. The first-order valence-electron chi connectivity index (χ1n) is 6.11. The molecule has 0 saturated heterocycles. The molecule has 0 N–H and O–H groups in total. The number of benzene rings is 1. The highest BCUT2D eigenvalue weighted by molar-refractivity contribution is 8.00. The van der Waals surface area contributed by atoms with Crippen LogP contribution >= 0.6 is 23.4 Å². The minimum absolute atomic E-state index is 0.221. The number of hydrogen-bond acceptors (Lipinski definition) is 2. The molecular formula is C14H17ClOS. The Morgan fingerprint density at radius 1 is 1.35 bits per heavy atom. The Morgan fingerprint density at radius 2 is 2.12 bits per heavy atom. The summed E-state index contributed by atoms with van der Waals surface area (Å²) < 4.78 is 0. The molecule has 1 aromatic carbocycles. The van der Waals surface area contributed by atoms with Crippen LogP contribution in [0.1, 0.15) is 25.7 Å². The van der Waals surface area contributed by atoms with Crippen LogP contribution in [-0.2, 0) is 4.79 Å². The molecular weight excluding hydrogens is 252 g/mol. The van der Waals surface area contributed by atoms with Gasteiger partial charge in [0.2, 0.25) is 0 Å². The Labute approximate surface area is 112 Å². The molecule has 0 aliphatic heterocycles. The maximum absolute atomic E-state index is 11.8. The molecule has 0 bridgehead atoms. The van der Waals surface area contributed by atoms with Crippen molar-refractivity contribution < 1.29 is 4.79 Å². The summed E-state index contributed by atoms with van der Waals surface area (Å²) in [6.45, 7) is 0. The number of thioether (sulfide) groups is 1. The molecule has 2 atom stereocenters. The van der Waals surface area contributed by atoms with E-state index in [9.17, 15) is 4.79 Å². The van der Waals surface area contributed by atoms with E-state index in [1.165, 1.54) is 4.90 Å². The topological polar surface area (TPSA) is 17.1 Å². The Hall–Kier alpha value is -0.470. The number of ketones is 1. The summed E-state index contributed by atoms with van der Waals surface area (Å²) in [5.74, 6) is 1.29. The molecule has 17 heavy (non-hydrogen) atoms. The van der Waals surface area contributed by atoms with Crippen LogP contribution in [0.4, 0.5) is 0 Å². The van der Waals surface area contributed by atoms with Crippen molar-refractivity contribution in [1.29, 1.82) is 0 Å². The predicted molar refractivity (Wildman–Crippen MR) is 73.8 cm³/mol. The molecule has 1 aromatic rings. The van der Waals surface area contributed by atoms with Gasteiger partial charge in [-0.2, -0.15) is 0 Å². The molecule has 1 fully saturated rings. The third-order valence-corrected chi connectivity index (χ3v) is 4.85. The number of carbonyl (C=O) groups is 1. The van der Waals surface area contributed by atoms with Gasteiger partial charge < -0.3 is 0 Å². The van der Waals surface area contributed by atoms with Crippen molar-refractivity contribution in [1.82, 2.24) is 0 Å². The largest absolute Gasteiger partial charge is 0.299 e. The van der Waals surface area contributed by atoms with Gasteiger partial charge >= 0.3 is 0 Å². The summed E-state index contributed by atoms with van der Waals surface area (Å²) in [5.41, 5.74) is 0. The van der Waals surface area contributed by atoms with E-state index >= 15 is 0 Å². The second-order valence-electron chi connectivity index (χ2n) is 4.41. The summed E-state index contributed by atoms with van der Waals surface area (Å²) >= 11 is 7.67. The molecule has 0 aromatic heterocycles. The fourth-order valence-corrected chi connectivity index (χ4v) is 4.08. The van der Waals surface area contributed by atoms with Crippen molar-refractivity contribution in [2.24, 2.45) is 5.92 Å². The van der Waals surface area contributed by atoms with Crippen molar-refractivity contribution in [3.63, 3.8) is 0 Å². The fourth-order valence-electron chi connectivity index (χ4n) is 2.36.